The van der Waals surface area contributed by atoms with Gasteiger partial charge in [0.15, 0.2) is 11.5 Å². The van der Waals surface area contributed by atoms with Gasteiger partial charge in [0.1, 0.15) is 0 Å². The van der Waals surface area contributed by atoms with Crippen molar-refractivity contribution in [1.82, 2.24) is 0 Å². The van der Waals surface area contributed by atoms with Crippen LogP contribution >= 0.6 is 0 Å². The first kappa shape index (κ1) is 17.6. The molecular weight excluding hydrogens is 300 g/mol. The Bertz CT molecular complexity index is 719. The van der Waals surface area contributed by atoms with E-state index in [0.29, 0.717) is 18.8 Å². The van der Waals surface area contributed by atoms with Gasteiger partial charge in [0.05, 0.1) is 12.3 Å². The van der Waals surface area contributed by atoms with Crippen LogP contribution in [0.4, 0.5) is 11.4 Å². The summed E-state index contributed by atoms with van der Waals surface area (Å²) in [7, 11) is 4.01. The van der Waals surface area contributed by atoms with Gasteiger partial charge in [0.25, 0.3) is 0 Å². The second kappa shape index (κ2) is 8.20. The summed E-state index contributed by atoms with van der Waals surface area (Å²) in [6.07, 6.45) is 4.11. The fourth-order valence-electron chi connectivity index (χ4n) is 2.33. The van der Waals surface area contributed by atoms with Crippen molar-refractivity contribution in [1.29, 1.82) is 0 Å². The topological polar surface area (TPSA) is 45.1 Å². The van der Waals surface area contributed by atoms with E-state index in [1.54, 1.807) is 18.4 Å². The third kappa shape index (κ3) is 4.38. The molecule has 2 rings (SSSR count). The van der Waals surface area contributed by atoms with Crippen LogP contribution in [0.3, 0.4) is 0 Å². The first-order chi connectivity index (χ1) is 11.5. The molecule has 0 heterocycles. The molecule has 0 saturated carbocycles. The van der Waals surface area contributed by atoms with E-state index in [4.69, 9.17) is 4.74 Å². The van der Waals surface area contributed by atoms with Gasteiger partial charge in [-0.25, -0.2) is 0 Å². The van der Waals surface area contributed by atoms with Gasteiger partial charge in [-0.2, -0.15) is 0 Å². The molecule has 0 unspecified atom stereocenters. The van der Waals surface area contributed by atoms with Gasteiger partial charge < -0.3 is 14.7 Å². The van der Waals surface area contributed by atoms with Crippen molar-refractivity contribution < 1.29 is 9.84 Å². The molecule has 0 aliphatic heterocycles. The summed E-state index contributed by atoms with van der Waals surface area (Å²) in [5, 5.41) is 10.2. The van der Waals surface area contributed by atoms with Crippen LogP contribution in [0.25, 0.3) is 0 Å². The summed E-state index contributed by atoms with van der Waals surface area (Å²) in [5.74, 6) is 0.644. The molecule has 1 N–H and O–H groups in total. The summed E-state index contributed by atoms with van der Waals surface area (Å²) in [5.41, 5.74) is 3.66. The van der Waals surface area contributed by atoms with Gasteiger partial charge in [-0.1, -0.05) is 6.08 Å². The van der Waals surface area contributed by atoms with Crippen molar-refractivity contribution in [3.63, 3.8) is 0 Å². The minimum atomic E-state index is 0.171. The van der Waals surface area contributed by atoms with E-state index >= 15 is 0 Å². The Morgan fingerprint density at radius 3 is 2.50 bits per heavy atom. The summed E-state index contributed by atoms with van der Waals surface area (Å²) in [6.45, 7) is 6.11. The van der Waals surface area contributed by atoms with Crippen molar-refractivity contribution in [2.75, 3.05) is 25.6 Å². The number of phenolic OH excluding ortho intramolecular Hbond substituents is 1. The van der Waals surface area contributed by atoms with E-state index < -0.39 is 0 Å². The molecule has 0 fully saturated rings. The SMILES string of the molecule is C=CCc1cc(C=Nc2ccc(N(C)C)cc2)cc(OCC)c1O. The maximum Gasteiger partial charge on any atom is 0.161 e. The largest absolute Gasteiger partial charge is 0.504 e. The molecule has 4 heteroatoms. The maximum absolute atomic E-state index is 10.2. The van der Waals surface area contributed by atoms with Crippen molar-refractivity contribution >= 4 is 17.6 Å². The van der Waals surface area contributed by atoms with Gasteiger partial charge in [-0.05, 0) is 55.3 Å². The van der Waals surface area contributed by atoms with Crippen LogP contribution in [0, 0.1) is 0 Å². The van der Waals surface area contributed by atoms with Crippen LogP contribution in [-0.4, -0.2) is 32.0 Å². The predicted molar refractivity (Wildman–Crippen MR) is 101 cm³/mol. The molecule has 0 bridgehead atoms. The molecule has 126 valence electrons. The lowest BCUT2D eigenvalue weighted by Crippen LogP contribution is -2.07. The van der Waals surface area contributed by atoms with Crippen LogP contribution in [-0.2, 0) is 6.42 Å². The number of aromatic hydroxyl groups is 1. The molecule has 2 aromatic carbocycles. The minimum Gasteiger partial charge on any atom is -0.504 e. The Morgan fingerprint density at radius 2 is 1.92 bits per heavy atom. The highest BCUT2D eigenvalue weighted by Crippen LogP contribution is 2.32. The minimum absolute atomic E-state index is 0.171. The van der Waals surface area contributed by atoms with E-state index in [1.165, 1.54) is 0 Å². The third-order valence-electron chi connectivity index (χ3n) is 3.57. The fraction of sp³-hybridized carbons (Fsp3) is 0.250. The molecule has 4 nitrogen and oxygen atoms in total. The Balaban J connectivity index is 2.28. The number of rotatable bonds is 7. The molecule has 0 amide bonds. The number of hydrogen-bond donors (Lipinski definition) is 1. The highest BCUT2D eigenvalue weighted by Gasteiger charge is 2.09. The van der Waals surface area contributed by atoms with Gasteiger partial charge in [0, 0.05) is 31.6 Å². The van der Waals surface area contributed by atoms with Gasteiger partial charge in [-0.15, -0.1) is 6.58 Å². The number of allylic oxidation sites excluding steroid dienone is 1. The van der Waals surface area contributed by atoms with Crippen LogP contribution in [0.15, 0.2) is 54.0 Å². The standard InChI is InChI=1S/C20H24N2O2/c1-5-7-16-12-15(13-19(20(16)23)24-6-2)14-21-17-8-10-18(11-9-17)22(3)4/h5,8-14,23H,1,6-7H2,2-4H3. The van der Waals surface area contributed by atoms with Gasteiger partial charge in [0.2, 0.25) is 0 Å². The van der Waals surface area contributed by atoms with Crippen LogP contribution in [0.2, 0.25) is 0 Å². The number of benzene rings is 2. The molecule has 0 spiro atoms. The average Bonchev–Trinajstić information content (AvgIpc) is 2.57. The highest BCUT2D eigenvalue weighted by atomic mass is 16.5. The molecule has 0 atom stereocenters. The lowest BCUT2D eigenvalue weighted by Gasteiger charge is -2.12. The number of hydrogen-bond acceptors (Lipinski definition) is 4. The zero-order valence-corrected chi connectivity index (χ0v) is 14.5. The van der Waals surface area contributed by atoms with E-state index in [9.17, 15) is 5.11 Å². The normalized spacial score (nSPS) is 10.8. The van der Waals surface area contributed by atoms with Gasteiger partial charge >= 0.3 is 0 Å². The Morgan fingerprint density at radius 1 is 1.21 bits per heavy atom. The molecule has 2 aromatic rings. The van der Waals surface area contributed by atoms with Crippen molar-refractivity contribution in [2.45, 2.75) is 13.3 Å². The Labute approximate surface area is 143 Å². The Hall–Kier alpha value is -2.75. The van der Waals surface area contributed by atoms with E-state index in [-0.39, 0.29) is 5.75 Å². The first-order valence-electron chi connectivity index (χ1n) is 7.96. The quantitative estimate of drug-likeness (QED) is 0.609. The molecule has 0 aromatic heterocycles. The van der Waals surface area contributed by atoms with Crippen LogP contribution < -0.4 is 9.64 Å². The first-order valence-corrected chi connectivity index (χ1v) is 7.96. The number of phenols is 1. The molecular formula is C20H24N2O2. The molecule has 0 saturated heterocycles. The number of ether oxygens (including phenoxy) is 1. The number of aliphatic imine (C=N–C) groups is 1. The second-order valence-corrected chi connectivity index (χ2v) is 5.62. The molecule has 24 heavy (non-hydrogen) atoms. The average molecular weight is 324 g/mol. The summed E-state index contributed by atoms with van der Waals surface area (Å²) >= 11 is 0. The Kier molecular flexibility index (Phi) is 6.01. The van der Waals surface area contributed by atoms with E-state index in [1.807, 2.05) is 56.3 Å². The smallest absolute Gasteiger partial charge is 0.161 e. The van der Waals surface area contributed by atoms with E-state index in [0.717, 1.165) is 22.5 Å². The zero-order chi connectivity index (χ0) is 17.5. The monoisotopic (exact) mass is 324 g/mol. The summed E-state index contributed by atoms with van der Waals surface area (Å²) in [6, 6.07) is 11.7. The third-order valence-corrected chi connectivity index (χ3v) is 3.57. The van der Waals surface area contributed by atoms with Crippen molar-refractivity contribution in [2.24, 2.45) is 4.99 Å². The lowest BCUT2D eigenvalue weighted by atomic mass is 10.1. The summed E-state index contributed by atoms with van der Waals surface area (Å²) in [4.78, 5) is 6.55. The second-order valence-electron chi connectivity index (χ2n) is 5.62. The van der Waals surface area contributed by atoms with Crippen LogP contribution in [0.5, 0.6) is 11.5 Å². The van der Waals surface area contributed by atoms with Crippen molar-refractivity contribution in [3.8, 4) is 11.5 Å². The number of anilines is 1. The maximum atomic E-state index is 10.2. The highest BCUT2D eigenvalue weighted by molar-refractivity contribution is 5.84. The number of nitrogens with zero attached hydrogens (tertiary/aromatic N) is 2. The van der Waals surface area contributed by atoms with E-state index in [2.05, 4.69) is 11.6 Å². The van der Waals surface area contributed by atoms with Crippen molar-refractivity contribution in [3.05, 3.63) is 60.2 Å². The molecule has 0 aliphatic rings. The molecule has 0 radical (unpaired) electrons. The fourth-order valence-corrected chi connectivity index (χ4v) is 2.33. The zero-order valence-electron chi connectivity index (χ0n) is 14.5. The molecule has 0 aliphatic carbocycles. The van der Waals surface area contributed by atoms with Gasteiger partial charge in [-0.3, -0.25) is 4.99 Å². The van der Waals surface area contributed by atoms with Crippen LogP contribution in [0.1, 0.15) is 18.1 Å². The summed E-state index contributed by atoms with van der Waals surface area (Å²) < 4.78 is 5.51. The lowest BCUT2D eigenvalue weighted by molar-refractivity contribution is 0.317. The predicted octanol–water partition coefficient (Wildman–Crippen LogP) is 4.34.